The number of para-hydroxylation sites is 2. The SMILES string of the molecule is Cc1ccc(OCCCCn2c(C3CC(=O)N(c4ccc(F)cc4)C3)nc3ccccc32)cc1. The first-order valence-electron chi connectivity index (χ1n) is 11.8. The molecule has 1 aromatic heterocycles. The minimum absolute atomic E-state index is 0.00578. The maximum Gasteiger partial charge on any atom is 0.227 e. The van der Waals surface area contributed by atoms with E-state index in [2.05, 4.69) is 29.7 Å². The zero-order valence-corrected chi connectivity index (χ0v) is 19.3. The highest BCUT2D eigenvalue weighted by atomic mass is 19.1. The van der Waals surface area contributed by atoms with E-state index in [1.165, 1.54) is 17.7 Å². The van der Waals surface area contributed by atoms with E-state index in [9.17, 15) is 9.18 Å². The number of carbonyl (C=O) groups is 1. The highest BCUT2D eigenvalue weighted by Crippen LogP contribution is 2.33. The van der Waals surface area contributed by atoms with Gasteiger partial charge in [0.15, 0.2) is 0 Å². The predicted molar refractivity (Wildman–Crippen MR) is 132 cm³/mol. The molecule has 34 heavy (non-hydrogen) atoms. The molecule has 174 valence electrons. The first-order chi connectivity index (χ1) is 16.6. The van der Waals surface area contributed by atoms with Gasteiger partial charge in [-0.25, -0.2) is 9.37 Å². The van der Waals surface area contributed by atoms with Crippen molar-refractivity contribution >= 4 is 22.6 Å². The lowest BCUT2D eigenvalue weighted by Gasteiger charge is -2.17. The molecule has 0 N–H and O–H groups in total. The van der Waals surface area contributed by atoms with Gasteiger partial charge >= 0.3 is 0 Å². The molecule has 3 aromatic carbocycles. The van der Waals surface area contributed by atoms with Crippen molar-refractivity contribution in [2.45, 2.75) is 38.6 Å². The molecule has 5 nitrogen and oxygen atoms in total. The smallest absolute Gasteiger partial charge is 0.227 e. The lowest BCUT2D eigenvalue weighted by atomic mass is 10.1. The van der Waals surface area contributed by atoms with E-state index in [1.807, 2.05) is 30.3 Å². The second kappa shape index (κ2) is 9.67. The van der Waals surface area contributed by atoms with E-state index in [0.717, 1.165) is 47.7 Å². The molecule has 4 aromatic rings. The fourth-order valence-electron chi connectivity index (χ4n) is 4.59. The van der Waals surface area contributed by atoms with Crippen LogP contribution in [-0.4, -0.2) is 28.6 Å². The monoisotopic (exact) mass is 457 g/mol. The van der Waals surface area contributed by atoms with Crippen LogP contribution in [0.4, 0.5) is 10.1 Å². The molecule has 0 aliphatic carbocycles. The third-order valence-electron chi connectivity index (χ3n) is 6.38. The largest absolute Gasteiger partial charge is 0.494 e. The Bertz CT molecular complexity index is 1280. The van der Waals surface area contributed by atoms with E-state index < -0.39 is 0 Å². The summed E-state index contributed by atoms with van der Waals surface area (Å²) < 4.78 is 21.5. The molecule has 0 radical (unpaired) electrons. The summed E-state index contributed by atoms with van der Waals surface area (Å²) in [5.41, 5.74) is 3.98. The maximum atomic E-state index is 13.3. The van der Waals surface area contributed by atoms with Gasteiger partial charge in [-0.1, -0.05) is 29.8 Å². The van der Waals surface area contributed by atoms with Gasteiger partial charge in [0.25, 0.3) is 0 Å². The summed E-state index contributed by atoms with van der Waals surface area (Å²) >= 11 is 0. The second-order valence-electron chi connectivity index (χ2n) is 8.86. The lowest BCUT2D eigenvalue weighted by Crippen LogP contribution is -2.24. The molecule has 2 heterocycles. The van der Waals surface area contributed by atoms with Crippen LogP contribution in [0.3, 0.4) is 0 Å². The molecular weight excluding hydrogens is 429 g/mol. The number of carbonyl (C=O) groups excluding carboxylic acids is 1. The van der Waals surface area contributed by atoms with Crippen molar-refractivity contribution in [1.82, 2.24) is 9.55 Å². The third-order valence-corrected chi connectivity index (χ3v) is 6.38. The summed E-state index contributed by atoms with van der Waals surface area (Å²) in [7, 11) is 0. The Morgan fingerprint density at radius 2 is 1.76 bits per heavy atom. The highest BCUT2D eigenvalue weighted by Gasteiger charge is 2.34. The lowest BCUT2D eigenvalue weighted by molar-refractivity contribution is -0.117. The van der Waals surface area contributed by atoms with Gasteiger partial charge in [0.1, 0.15) is 17.4 Å². The average Bonchev–Trinajstić information content (AvgIpc) is 3.41. The van der Waals surface area contributed by atoms with Crippen LogP contribution in [0.1, 0.15) is 36.6 Å². The number of hydrogen-bond acceptors (Lipinski definition) is 3. The Morgan fingerprint density at radius 3 is 2.56 bits per heavy atom. The Morgan fingerprint density at radius 1 is 1.00 bits per heavy atom. The number of amides is 1. The zero-order valence-electron chi connectivity index (χ0n) is 19.3. The van der Waals surface area contributed by atoms with Crippen LogP contribution < -0.4 is 9.64 Å². The molecule has 0 spiro atoms. The Hall–Kier alpha value is -3.67. The van der Waals surface area contributed by atoms with E-state index in [4.69, 9.17) is 9.72 Å². The van der Waals surface area contributed by atoms with Gasteiger partial charge in [0, 0.05) is 31.1 Å². The standard InChI is InChI=1S/C28H28FN3O2/c1-20-8-14-24(15-9-20)34-17-5-4-16-31-26-7-3-2-6-25(26)30-28(31)21-18-27(33)32(19-21)23-12-10-22(29)11-13-23/h2-3,6-15,21H,4-5,16-19H2,1H3. The van der Waals surface area contributed by atoms with Gasteiger partial charge in [0.2, 0.25) is 5.91 Å². The minimum Gasteiger partial charge on any atom is -0.494 e. The molecule has 1 aliphatic heterocycles. The first-order valence-corrected chi connectivity index (χ1v) is 11.8. The Balaban J connectivity index is 1.28. The number of rotatable bonds is 8. The van der Waals surface area contributed by atoms with Crippen LogP contribution in [0, 0.1) is 12.7 Å². The number of fused-ring (bicyclic) bond motifs is 1. The number of aromatic nitrogens is 2. The van der Waals surface area contributed by atoms with Crippen molar-refractivity contribution < 1.29 is 13.9 Å². The Labute approximate surface area is 198 Å². The summed E-state index contributed by atoms with van der Waals surface area (Å²) in [5, 5.41) is 0. The van der Waals surface area contributed by atoms with Crippen LogP contribution in [0.15, 0.2) is 72.8 Å². The molecule has 0 bridgehead atoms. The molecule has 5 rings (SSSR count). The normalized spacial score (nSPS) is 15.9. The van der Waals surface area contributed by atoms with Gasteiger partial charge in [-0.15, -0.1) is 0 Å². The molecule has 0 saturated carbocycles. The number of aryl methyl sites for hydroxylation is 2. The second-order valence-corrected chi connectivity index (χ2v) is 8.86. The molecule has 1 aliphatic rings. The van der Waals surface area contributed by atoms with Crippen molar-refractivity contribution in [3.8, 4) is 5.75 Å². The molecule has 1 amide bonds. The number of halogens is 1. The van der Waals surface area contributed by atoms with Crippen molar-refractivity contribution in [3.05, 3.63) is 90.0 Å². The molecule has 1 atom stereocenters. The summed E-state index contributed by atoms with van der Waals surface area (Å²) in [4.78, 5) is 19.5. The summed E-state index contributed by atoms with van der Waals surface area (Å²) in [6.45, 7) is 4.08. The number of anilines is 1. The third kappa shape index (κ3) is 4.67. The minimum atomic E-state index is -0.305. The quantitative estimate of drug-likeness (QED) is 0.311. The number of imidazole rings is 1. The Kier molecular flexibility index (Phi) is 6.30. The zero-order chi connectivity index (χ0) is 23.5. The van der Waals surface area contributed by atoms with Gasteiger partial charge in [-0.2, -0.15) is 0 Å². The molecule has 6 heteroatoms. The molecular formula is C28H28FN3O2. The van der Waals surface area contributed by atoms with Gasteiger partial charge in [-0.05, 0) is 68.3 Å². The summed E-state index contributed by atoms with van der Waals surface area (Å²) in [6.07, 6.45) is 2.27. The van der Waals surface area contributed by atoms with Crippen LogP contribution in [0.2, 0.25) is 0 Å². The first kappa shape index (κ1) is 22.1. The van der Waals surface area contributed by atoms with Crippen molar-refractivity contribution in [2.24, 2.45) is 0 Å². The van der Waals surface area contributed by atoms with Crippen molar-refractivity contribution in [1.29, 1.82) is 0 Å². The van der Waals surface area contributed by atoms with E-state index in [-0.39, 0.29) is 17.6 Å². The van der Waals surface area contributed by atoms with Crippen LogP contribution in [-0.2, 0) is 11.3 Å². The molecule has 1 unspecified atom stereocenters. The van der Waals surface area contributed by atoms with E-state index in [1.54, 1.807) is 17.0 Å². The van der Waals surface area contributed by atoms with Crippen LogP contribution in [0.5, 0.6) is 5.75 Å². The van der Waals surface area contributed by atoms with Gasteiger partial charge in [-0.3, -0.25) is 4.79 Å². The van der Waals surface area contributed by atoms with Crippen LogP contribution >= 0.6 is 0 Å². The molecule has 1 fully saturated rings. The maximum absolute atomic E-state index is 13.3. The average molecular weight is 458 g/mol. The predicted octanol–water partition coefficient (Wildman–Crippen LogP) is 5.86. The number of nitrogens with zero attached hydrogens (tertiary/aromatic N) is 3. The van der Waals surface area contributed by atoms with Crippen molar-refractivity contribution in [3.63, 3.8) is 0 Å². The number of hydrogen-bond donors (Lipinski definition) is 0. The topological polar surface area (TPSA) is 47.4 Å². The van der Waals surface area contributed by atoms with Gasteiger partial charge < -0.3 is 14.2 Å². The number of unbranched alkanes of at least 4 members (excludes halogenated alkanes) is 1. The summed E-state index contributed by atoms with van der Waals surface area (Å²) in [6, 6.07) is 22.3. The highest BCUT2D eigenvalue weighted by molar-refractivity contribution is 5.96. The fourth-order valence-corrected chi connectivity index (χ4v) is 4.59. The van der Waals surface area contributed by atoms with E-state index in [0.29, 0.717) is 19.6 Å². The number of benzene rings is 3. The summed E-state index contributed by atoms with van der Waals surface area (Å²) in [5.74, 6) is 1.57. The molecule has 1 saturated heterocycles. The van der Waals surface area contributed by atoms with Crippen molar-refractivity contribution in [2.75, 3.05) is 18.1 Å². The fraction of sp³-hybridized carbons (Fsp3) is 0.286. The van der Waals surface area contributed by atoms with Crippen LogP contribution in [0.25, 0.3) is 11.0 Å². The number of ether oxygens (including phenoxy) is 1. The van der Waals surface area contributed by atoms with E-state index >= 15 is 0 Å². The van der Waals surface area contributed by atoms with Gasteiger partial charge in [0.05, 0.1) is 17.6 Å².